The van der Waals surface area contributed by atoms with Gasteiger partial charge in [0.05, 0.1) is 0 Å². The Morgan fingerprint density at radius 2 is 1.56 bits per heavy atom. The summed E-state index contributed by atoms with van der Waals surface area (Å²) in [4.78, 5) is 1.31. The minimum absolute atomic E-state index is 0.216. The van der Waals surface area contributed by atoms with Gasteiger partial charge < -0.3 is 0 Å². The Bertz CT molecular complexity index is 709. The number of hydrogen-bond donors (Lipinski definition) is 0. The molecule has 0 aliphatic rings. The molecule has 2 aromatic carbocycles. The van der Waals surface area contributed by atoms with Gasteiger partial charge in [-0.3, -0.25) is 0 Å². The Morgan fingerprint density at radius 3 is 2.08 bits per heavy atom. The first-order valence-electron chi connectivity index (χ1n) is 9.06. The highest BCUT2D eigenvalue weighted by Crippen LogP contribution is 2.30. The van der Waals surface area contributed by atoms with Gasteiger partial charge in [-0.25, -0.2) is 0 Å². The van der Waals surface area contributed by atoms with Crippen molar-refractivity contribution >= 4 is 17.8 Å². The van der Waals surface area contributed by atoms with Gasteiger partial charge in [-0.15, -0.1) is 11.8 Å². The van der Waals surface area contributed by atoms with E-state index in [0.29, 0.717) is 5.41 Å². The molecule has 0 bridgehead atoms. The summed E-state index contributed by atoms with van der Waals surface area (Å²) >= 11 is 1.90. The second kappa shape index (κ2) is 7.83. The average molecular weight is 353 g/mol. The molecular weight excluding hydrogens is 320 g/mol. The largest absolute Gasteiger partial charge is 0.121 e. The summed E-state index contributed by atoms with van der Waals surface area (Å²) in [6.45, 7) is 17.6. The van der Waals surface area contributed by atoms with E-state index in [1.807, 2.05) is 17.8 Å². The van der Waals surface area contributed by atoms with Crippen molar-refractivity contribution < 1.29 is 0 Å². The topological polar surface area (TPSA) is 0 Å². The number of benzene rings is 2. The van der Waals surface area contributed by atoms with Crippen LogP contribution in [0, 0.1) is 5.41 Å². The highest BCUT2D eigenvalue weighted by molar-refractivity contribution is 7.98. The van der Waals surface area contributed by atoms with Crippen molar-refractivity contribution in [2.45, 2.75) is 64.0 Å². The van der Waals surface area contributed by atoms with Crippen LogP contribution in [-0.2, 0) is 17.6 Å². The van der Waals surface area contributed by atoms with E-state index in [2.05, 4.69) is 90.6 Å². The highest BCUT2D eigenvalue weighted by atomic mass is 32.2. The first kappa shape index (κ1) is 19.8. The van der Waals surface area contributed by atoms with E-state index in [9.17, 15) is 0 Å². The second-order valence-electron chi connectivity index (χ2n) is 9.04. The molecule has 134 valence electrons. The molecule has 0 amide bonds. The zero-order valence-electron chi connectivity index (χ0n) is 16.6. The minimum atomic E-state index is 0.216. The lowest BCUT2D eigenvalue weighted by Gasteiger charge is -2.20. The van der Waals surface area contributed by atoms with Gasteiger partial charge in [0.1, 0.15) is 0 Å². The van der Waals surface area contributed by atoms with Crippen molar-refractivity contribution in [1.29, 1.82) is 0 Å². The maximum Gasteiger partial charge on any atom is 0.0231 e. The van der Waals surface area contributed by atoms with Crippen molar-refractivity contribution in [3.05, 3.63) is 71.3 Å². The summed E-state index contributed by atoms with van der Waals surface area (Å²) in [6, 6.07) is 15.8. The summed E-state index contributed by atoms with van der Waals surface area (Å²) in [7, 11) is 0. The molecule has 2 aromatic rings. The van der Waals surface area contributed by atoms with Crippen LogP contribution in [0.1, 0.15) is 63.8 Å². The van der Waals surface area contributed by atoms with Crippen molar-refractivity contribution in [2.24, 2.45) is 5.41 Å². The molecule has 0 heterocycles. The van der Waals surface area contributed by atoms with Crippen LogP contribution in [0.3, 0.4) is 0 Å². The minimum Gasteiger partial charge on any atom is -0.121 e. The SMILES string of the molecule is C=Cc1cc(SCc2ccc(C(C)(C)C)cc2)ccc1CC(C)(C)C. The molecule has 2 rings (SSSR count). The Labute approximate surface area is 158 Å². The summed E-state index contributed by atoms with van der Waals surface area (Å²) in [5, 5.41) is 0. The Balaban J connectivity index is 2.07. The van der Waals surface area contributed by atoms with Gasteiger partial charge in [-0.1, -0.05) is 84.5 Å². The standard InChI is InChI=1S/C24H32S/c1-8-19-15-22(14-11-20(19)16-23(2,3)4)25-17-18-9-12-21(13-10-18)24(5,6)7/h8-15H,1,16-17H2,2-7H3. The predicted molar refractivity (Wildman–Crippen MR) is 114 cm³/mol. The lowest BCUT2D eigenvalue weighted by Crippen LogP contribution is -2.10. The van der Waals surface area contributed by atoms with Gasteiger partial charge in [-0.2, -0.15) is 0 Å². The van der Waals surface area contributed by atoms with Crippen LogP contribution in [-0.4, -0.2) is 0 Å². The van der Waals surface area contributed by atoms with Crippen molar-refractivity contribution in [3.8, 4) is 0 Å². The quantitative estimate of drug-likeness (QED) is 0.502. The van der Waals surface area contributed by atoms with E-state index in [0.717, 1.165) is 12.2 Å². The highest BCUT2D eigenvalue weighted by Gasteiger charge is 2.14. The Kier molecular flexibility index (Phi) is 6.21. The van der Waals surface area contributed by atoms with E-state index in [4.69, 9.17) is 0 Å². The zero-order valence-corrected chi connectivity index (χ0v) is 17.5. The number of thioether (sulfide) groups is 1. The fraction of sp³-hybridized carbons (Fsp3) is 0.417. The zero-order chi connectivity index (χ0) is 18.7. The van der Waals surface area contributed by atoms with Gasteiger partial charge in [0.2, 0.25) is 0 Å². The van der Waals surface area contributed by atoms with Crippen LogP contribution in [0.25, 0.3) is 6.08 Å². The molecule has 0 aliphatic heterocycles. The van der Waals surface area contributed by atoms with E-state index in [-0.39, 0.29) is 5.41 Å². The molecule has 0 saturated carbocycles. The van der Waals surface area contributed by atoms with Crippen molar-refractivity contribution in [3.63, 3.8) is 0 Å². The molecule has 0 unspecified atom stereocenters. The maximum absolute atomic E-state index is 4.00. The van der Waals surface area contributed by atoms with E-state index < -0.39 is 0 Å². The predicted octanol–water partition coefficient (Wildman–Crippen LogP) is 7.51. The van der Waals surface area contributed by atoms with Gasteiger partial charge in [0.25, 0.3) is 0 Å². The monoisotopic (exact) mass is 352 g/mol. The third kappa shape index (κ3) is 6.08. The fourth-order valence-corrected chi connectivity index (χ4v) is 3.75. The van der Waals surface area contributed by atoms with Crippen LogP contribution in [0.2, 0.25) is 0 Å². The smallest absolute Gasteiger partial charge is 0.0231 e. The van der Waals surface area contributed by atoms with E-state index in [1.54, 1.807) is 0 Å². The van der Waals surface area contributed by atoms with Crippen LogP contribution in [0.5, 0.6) is 0 Å². The van der Waals surface area contributed by atoms with Gasteiger partial charge >= 0.3 is 0 Å². The van der Waals surface area contributed by atoms with Crippen molar-refractivity contribution in [2.75, 3.05) is 0 Å². The molecule has 25 heavy (non-hydrogen) atoms. The molecule has 1 heteroatoms. The third-order valence-corrected chi connectivity index (χ3v) is 5.35. The van der Waals surface area contributed by atoms with E-state index >= 15 is 0 Å². The van der Waals surface area contributed by atoms with E-state index in [1.165, 1.54) is 27.1 Å². The van der Waals surface area contributed by atoms with Gasteiger partial charge in [0.15, 0.2) is 0 Å². The lowest BCUT2D eigenvalue weighted by atomic mass is 9.86. The van der Waals surface area contributed by atoms with Crippen LogP contribution < -0.4 is 0 Å². The molecule has 0 atom stereocenters. The molecule has 0 spiro atoms. The number of hydrogen-bond acceptors (Lipinski definition) is 1. The van der Waals surface area contributed by atoms with Gasteiger partial charge in [0, 0.05) is 10.6 Å². The first-order chi connectivity index (χ1) is 11.6. The molecule has 0 nitrogen and oxygen atoms in total. The summed E-state index contributed by atoms with van der Waals surface area (Å²) in [5.41, 5.74) is 5.93. The van der Waals surface area contributed by atoms with Crippen LogP contribution in [0.15, 0.2) is 53.9 Å². The van der Waals surface area contributed by atoms with Gasteiger partial charge in [-0.05, 0) is 51.6 Å². The first-order valence-corrected chi connectivity index (χ1v) is 10.0. The van der Waals surface area contributed by atoms with Crippen molar-refractivity contribution in [1.82, 2.24) is 0 Å². The lowest BCUT2D eigenvalue weighted by molar-refractivity contribution is 0.411. The molecule has 0 radical (unpaired) electrons. The molecule has 0 saturated heterocycles. The normalized spacial score (nSPS) is 12.2. The fourth-order valence-electron chi connectivity index (χ4n) is 2.85. The Morgan fingerprint density at radius 1 is 0.920 bits per heavy atom. The second-order valence-corrected chi connectivity index (χ2v) is 10.1. The number of rotatable bonds is 5. The maximum atomic E-state index is 4.00. The molecule has 0 fully saturated rings. The summed E-state index contributed by atoms with van der Waals surface area (Å²) in [6.07, 6.45) is 3.07. The summed E-state index contributed by atoms with van der Waals surface area (Å²) < 4.78 is 0. The molecule has 0 N–H and O–H groups in total. The molecular formula is C24H32S. The third-order valence-electron chi connectivity index (χ3n) is 4.28. The average Bonchev–Trinajstić information content (AvgIpc) is 2.52. The molecule has 0 aromatic heterocycles. The molecule has 0 aliphatic carbocycles. The van der Waals surface area contributed by atoms with Crippen LogP contribution in [0.4, 0.5) is 0 Å². The van der Waals surface area contributed by atoms with Crippen LogP contribution >= 0.6 is 11.8 Å². The summed E-state index contributed by atoms with van der Waals surface area (Å²) in [5.74, 6) is 1.000. The Hall–Kier alpha value is -1.47.